The molecule has 156 valence electrons. The van der Waals surface area contributed by atoms with Crippen LogP contribution < -0.4 is 4.74 Å². The fourth-order valence-corrected chi connectivity index (χ4v) is 4.96. The van der Waals surface area contributed by atoms with Crippen molar-refractivity contribution in [3.63, 3.8) is 0 Å². The largest absolute Gasteiger partial charge is 0.494 e. The molecule has 5 heteroatoms. The van der Waals surface area contributed by atoms with Gasteiger partial charge in [0.1, 0.15) is 5.75 Å². The zero-order chi connectivity index (χ0) is 21.7. The van der Waals surface area contributed by atoms with Crippen molar-refractivity contribution in [2.75, 3.05) is 6.61 Å². The quantitative estimate of drug-likeness (QED) is 0.474. The summed E-state index contributed by atoms with van der Waals surface area (Å²) in [6.07, 6.45) is 0.149. The third kappa shape index (κ3) is 5.16. The minimum Gasteiger partial charge on any atom is -0.494 e. The van der Waals surface area contributed by atoms with Crippen LogP contribution >= 0.6 is 0 Å². The maximum Gasteiger partial charge on any atom is 0.182 e. The highest BCUT2D eigenvalue weighted by Crippen LogP contribution is 2.24. The second-order valence-corrected chi connectivity index (χ2v) is 9.32. The molecule has 0 radical (unpaired) electrons. The maximum atomic E-state index is 13.0. The lowest BCUT2D eigenvalue weighted by atomic mass is 10.0. The standard InChI is InChI=1S/C25H26O4S/c1-4-29-24-8-6-5-7-22(24)15-23(26)21-14-11-19(3)25(16-21)30(27,28)17-20-12-9-18(2)10-13-20/h5-14,16H,4,15,17H2,1-3H3. The number of ketones is 1. The van der Waals surface area contributed by atoms with Crippen LogP contribution in [0.25, 0.3) is 0 Å². The van der Waals surface area contributed by atoms with Crippen molar-refractivity contribution in [1.29, 1.82) is 0 Å². The van der Waals surface area contributed by atoms with Gasteiger partial charge in [0.15, 0.2) is 15.6 Å². The Morgan fingerprint density at radius 3 is 2.33 bits per heavy atom. The van der Waals surface area contributed by atoms with E-state index < -0.39 is 9.84 Å². The first-order chi connectivity index (χ1) is 14.3. The van der Waals surface area contributed by atoms with E-state index in [1.165, 1.54) is 6.07 Å². The number of para-hydroxylation sites is 1. The Labute approximate surface area is 178 Å². The van der Waals surface area contributed by atoms with E-state index in [-0.39, 0.29) is 22.9 Å². The summed E-state index contributed by atoms with van der Waals surface area (Å²) in [5.74, 6) is 0.431. The highest BCUT2D eigenvalue weighted by atomic mass is 32.2. The summed E-state index contributed by atoms with van der Waals surface area (Å²) >= 11 is 0. The lowest BCUT2D eigenvalue weighted by Crippen LogP contribution is -2.10. The Kier molecular flexibility index (Phi) is 6.73. The smallest absolute Gasteiger partial charge is 0.182 e. The van der Waals surface area contributed by atoms with Crippen molar-refractivity contribution in [3.8, 4) is 5.75 Å². The molecule has 0 atom stereocenters. The van der Waals surface area contributed by atoms with Gasteiger partial charge < -0.3 is 4.74 Å². The van der Waals surface area contributed by atoms with Crippen molar-refractivity contribution in [2.24, 2.45) is 0 Å². The van der Waals surface area contributed by atoms with Crippen LogP contribution in [0.4, 0.5) is 0 Å². The summed E-state index contributed by atoms with van der Waals surface area (Å²) in [7, 11) is -3.58. The van der Waals surface area contributed by atoms with Gasteiger partial charge in [-0.3, -0.25) is 4.79 Å². The summed E-state index contributed by atoms with van der Waals surface area (Å²) in [6.45, 7) is 6.11. The molecule has 30 heavy (non-hydrogen) atoms. The van der Waals surface area contributed by atoms with Crippen LogP contribution in [0.3, 0.4) is 0 Å². The molecule has 0 saturated carbocycles. The van der Waals surface area contributed by atoms with Gasteiger partial charge in [0.25, 0.3) is 0 Å². The van der Waals surface area contributed by atoms with Crippen LogP contribution in [-0.2, 0) is 22.0 Å². The molecule has 0 amide bonds. The van der Waals surface area contributed by atoms with Crippen LogP contribution in [0.1, 0.15) is 39.5 Å². The minimum absolute atomic E-state index is 0.0983. The first kappa shape index (κ1) is 21.8. The van der Waals surface area contributed by atoms with Gasteiger partial charge in [0.2, 0.25) is 0 Å². The number of aryl methyl sites for hydroxylation is 2. The molecule has 3 aromatic carbocycles. The molecule has 0 fully saturated rings. The van der Waals surface area contributed by atoms with Crippen molar-refractivity contribution >= 4 is 15.6 Å². The third-order valence-electron chi connectivity index (χ3n) is 4.95. The van der Waals surface area contributed by atoms with E-state index >= 15 is 0 Å². The van der Waals surface area contributed by atoms with Crippen LogP contribution in [0.15, 0.2) is 71.6 Å². The van der Waals surface area contributed by atoms with E-state index in [2.05, 4.69) is 0 Å². The molecule has 3 aromatic rings. The van der Waals surface area contributed by atoms with E-state index in [0.717, 1.165) is 16.7 Å². The molecule has 0 bridgehead atoms. The van der Waals surface area contributed by atoms with E-state index in [1.54, 1.807) is 19.1 Å². The molecule has 0 aliphatic heterocycles. The summed E-state index contributed by atoms with van der Waals surface area (Å²) in [4.78, 5) is 13.1. The molecule has 3 rings (SSSR count). The molecule has 0 spiro atoms. The predicted molar refractivity (Wildman–Crippen MR) is 119 cm³/mol. The third-order valence-corrected chi connectivity index (χ3v) is 6.77. The Balaban J connectivity index is 1.87. The molecule has 0 heterocycles. The van der Waals surface area contributed by atoms with Crippen molar-refractivity contribution in [1.82, 2.24) is 0 Å². The van der Waals surface area contributed by atoms with Crippen LogP contribution in [0, 0.1) is 13.8 Å². The normalized spacial score (nSPS) is 11.3. The number of hydrogen-bond acceptors (Lipinski definition) is 4. The van der Waals surface area contributed by atoms with Crippen molar-refractivity contribution < 1.29 is 17.9 Å². The summed E-state index contributed by atoms with van der Waals surface area (Å²) in [5.41, 5.74) is 3.60. The lowest BCUT2D eigenvalue weighted by Gasteiger charge is -2.12. The van der Waals surface area contributed by atoms with Gasteiger partial charge >= 0.3 is 0 Å². The van der Waals surface area contributed by atoms with E-state index in [1.807, 2.05) is 62.4 Å². The van der Waals surface area contributed by atoms with Gasteiger partial charge in [-0.05, 0) is 44.0 Å². The maximum absolute atomic E-state index is 13.0. The number of carbonyl (C=O) groups excluding carboxylic acids is 1. The molecular weight excluding hydrogens is 396 g/mol. The highest BCUT2D eigenvalue weighted by Gasteiger charge is 2.20. The summed E-state index contributed by atoms with van der Waals surface area (Å²) < 4.78 is 31.7. The van der Waals surface area contributed by atoms with Gasteiger partial charge in [-0.2, -0.15) is 0 Å². The number of carbonyl (C=O) groups is 1. The zero-order valence-corrected chi connectivity index (χ0v) is 18.3. The second kappa shape index (κ2) is 9.26. The first-order valence-corrected chi connectivity index (χ1v) is 11.6. The van der Waals surface area contributed by atoms with Gasteiger partial charge in [0, 0.05) is 17.5 Å². The molecule has 0 unspecified atom stereocenters. The number of hydrogen-bond donors (Lipinski definition) is 0. The topological polar surface area (TPSA) is 60.4 Å². The Bertz CT molecular complexity index is 1150. The molecule has 0 aliphatic carbocycles. The van der Waals surface area contributed by atoms with Crippen molar-refractivity contribution in [3.05, 3.63) is 94.5 Å². The highest BCUT2D eigenvalue weighted by molar-refractivity contribution is 7.90. The number of rotatable bonds is 8. The Morgan fingerprint density at radius 1 is 0.933 bits per heavy atom. The second-order valence-electron chi connectivity index (χ2n) is 7.37. The summed E-state index contributed by atoms with van der Waals surface area (Å²) in [6, 6.07) is 19.7. The average molecular weight is 423 g/mol. The summed E-state index contributed by atoms with van der Waals surface area (Å²) in [5, 5.41) is 0. The Hall–Kier alpha value is -2.92. The fourth-order valence-electron chi connectivity index (χ4n) is 3.31. The van der Waals surface area contributed by atoms with E-state index in [0.29, 0.717) is 23.5 Å². The van der Waals surface area contributed by atoms with Crippen LogP contribution in [0.2, 0.25) is 0 Å². The monoisotopic (exact) mass is 422 g/mol. The fraction of sp³-hybridized carbons (Fsp3) is 0.240. The SMILES string of the molecule is CCOc1ccccc1CC(=O)c1ccc(C)c(S(=O)(=O)Cc2ccc(C)cc2)c1. The minimum atomic E-state index is -3.58. The lowest BCUT2D eigenvalue weighted by molar-refractivity contribution is 0.0991. The number of Topliss-reactive ketones (excluding diaryl/α,β-unsaturated/α-hetero) is 1. The van der Waals surface area contributed by atoms with Gasteiger partial charge in [0.05, 0.1) is 17.3 Å². The predicted octanol–water partition coefficient (Wildman–Crippen LogP) is 5.10. The molecule has 0 aliphatic rings. The zero-order valence-electron chi connectivity index (χ0n) is 17.5. The van der Waals surface area contributed by atoms with E-state index in [4.69, 9.17) is 4.74 Å². The molecule has 0 N–H and O–H groups in total. The first-order valence-electron chi connectivity index (χ1n) is 9.93. The van der Waals surface area contributed by atoms with Crippen molar-refractivity contribution in [2.45, 2.75) is 37.8 Å². The average Bonchev–Trinajstić information content (AvgIpc) is 2.71. The van der Waals surface area contributed by atoms with Gasteiger partial charge in [-0.1, -0.05) is 60.2 Å². The molecule has 0 aromatic heterocycles. The van der Waals surface area contributed by atoms with Gasteiger partial charge in [-0.25, -0.2) is 8.42 Å². The van der Waals surface area contributed by atoms with Gasteiger partial charge in [-0.15, -0.1) is 0 Å². The van der Waals surface area contributed by atoms with Crippen LogP contribution in [-0.4, -0.2) is 20.8 Å². The number of benzene rings is 3. The van der Waals surface area contributed by atoms with E-state index in [9.17, 15) is 13.2 Å². The molecule has 0 saturated heterocycles. The molecule has 4 nitrogen and oxygen atoms in total. The number of sulfone groups is 1. The Morgan fingerprint density at radius 2 is 1.63 bits per heavy atom. The molecular formula is C25H26O4S. The number of ether oxygens (including phenoxy) is 1. The van der Waals surface area contributed by atoms with Crippen LogP contribution in [0.5, 0.6) is 5.75 Å².